The summed E-state index contributed by atoms with van der Waals surface area (Å²) in [5, 5.41) is 0.372. The van der Waals surface area contributed by atoms with E-state index in [9.17, 15) is 9.00 Å². The third kappa shape index (κ3) is 3.32. The van der Waals surface area contributed by atoms with Gasteiger partial charge in [-0.1, -0.05) is 0 Å². The molecule has 6 nitrogen and oxygen atoms in total. The van der Waals surface area contributed by atoms with Gasteiger partial charge in [0.2, 0.25) is 0 Å². The van der Waals surface area contributed by atoms with Crippen LogP contribution in [0.15, 0.2) is 29.6 Å². The normalized spacial score (nSPS) is 12.3. The molecule has 7 heteroatoms. The number of methoxy groups -OCH3 is 1. The standard InChI is InChI=1S/C18H19N3O3S/c1-10-8-19-16(11(2)17(10)24-4)9-25(23)18-20-14-6-5-13(12(3)22)7-15(14)21-18/h5-8H,9H2,1-4H3,(H,20,21)/t25-/m0/s1. The number of nitrogens with zero attached hydrogens (tertiary/aromatic N) is 2. The van der Waals surface area contributed by atoms with Gasteiger partial charge in [-0.25, -0.2) is 4.98 Å². The summed E-state index contributed by atoms with van der Waals surface area (Å²) in [7, 11) is 0.232. The van der Waals surface area contributed by atoms with Gasteiger partial charge in [0.05, 0.1) is 40.4 Å². The highest BCUT2D eigenvalue weighted by atomic mass is 32.2. The fraction of sp³-hybridized carbons (Fsp3) is 0.278. The Morgan fingerprint density at radius 2 is 2.08 bits per heavy atom. The van der Waals surface area contributed by atoms with Crippen LogP contribution < -0.4 is 4.74 Å². The summed E-state index contributed by atoms with van der Waals surface area (Å²) < 4.78 is 18.1. The molecule has 0 saturated heterocycles. The minimum absolute atomic E-state index is 0.0225. The number of aryl methyl sites for hydroxylation is 1. The van der Waals surface area contributed by atoms with Crippen LogP contribution >= 0.6 is 0 Å². The van der Waals surface area contributed by atoms with E-state index >= 15 is 0 Å². The van der Waals surface area contributed by atoms with Crippen LogP contribution in [0, 0.1) is 13.8 Å². The number of aromatic nitrogens is 3. The van der Waals surface area contributed by atoms with Crippen LogP contribution in [0.2, 0.25) is 0 Å². The maximum Gasteiger partial charge on any atom is 0.197 e. The third-order valence-corrected chi connectivity index (χ3v) is 5.26. The Morgan fingerprint density at radius 3 is 2.76 bits per heavy atom. The lowest BCUT2D eigenvalue weighted by molar-refractivity contribution is 0.101. The average molecular weight is 357 g/mol. The minimum Gasteiger partial charge on any atom is -0.496 e. The number of carbonyl (C=O) groups is 1. The first-order chi connectivity index (χ1) is 11.9. The highest BCUT2D eigenvalue weighted by molar-refractivity contribution is 7.84. The molecular weight excluding hydrogens is 338 g/mol. The largest absolute Gasteiger partial charge is 0.496 e. The van der Waals surface area contributed by atoms with Crippen LogP contribution in [0.4, 0.5) is 0 Å². The van der Waals surface area contributed by atoms with Gasteiger partial charge < -0.3 is 9.72 Å². The van der Waals surface area contributed by atoms with Crippen LogP contribution in [0.1, 0.15) is 34.1 Å². The second-order valence-electron chi connectivity index (χ2n) is 5.87. The van der Waals surface area contributed by atoms with Crippen LogP contribution in [0.25, 0.3) is 11.0 Å². The van der Waals surface area contributed by atoms with E-state index < -0.39 is 10.8 Å². The van der Waals surface area contributed by atoms with E-state index in [1.54, 1.807) is 31.5 Å². The molecule has 0 unspecified atom stereocenters. The fourth-order valence-corrected chi connectivity index (χ4v) is 3.82. The molecular formula is C18H19N3O3S. The highest BCUT2D eigenvalue weighted by Crippen LogP contribution is 2.25. The molecule has 0 saturated carbocycles. The van der Waals surface area contributed by atoms with Gasteiger partial charge in [-0.05, 0) is 39.0 Å². The van der Waals surface area contributed by atoms with Crippen LogP contribution in [0.5, 0.6) is 5.75 Å². The molecule has 2 heterocycles. The van der Waals surface area contributed by atoms with E-state index in [0.717, 1.165) is 16.9 Å². The molecule has 0 fully saturated rings. The molecule has 3 rings (SSSR count). The van der Waals surface area contributed by atoms with Crippen molar-refractivity contribution in [2.24, 2.45) is 0 Å². The van der Waals surface area contributed by atoms with E-state index in [2.05, 4.69) is 15.0 Å². The molecule has 0 aliphatic rings. The van der Waals surface area contributed by atoms with Crippen molar-refractivity contribution in [3.8, 4) is 5.75 Å². The van der Waals surface area contributed by atoms with Gasteiger partial charge in [0, 0.05) is 22.9 Å². The quantitative estimate of drug-likeness (QED) is 0.709. The molecule has 130 valence electrons. The number of benzene rings is 1. The lowest BCUT2D eigenvalue weighted by atomic mass is 10.1. The van der Waals surface area contributed by atoms with Crippen LogP contribution in [-0.4, -0.2) is 32.1 Å². The first-order valence-corrected chi connectivity index (χ1v) is 9.10. The van der Waals surface area contributed by atoms with Crippen molar-refractivity contribution in [2.75, 3.05) is 7.11 Å². The van der Waals surface area contributed by atoms with Crippen LogP contribution in [0.3, 0.4) is 0 Å². The van der Waals surface area contributed by atoms with Gasteiger partial charge in [0.25, 0.3) is 0 Å². The number of ketones is 1. The predicted octanol–water partition coefficient (Wildman–Crippen LogP) is 3.09. The second-order valence-corrected chi connectivity index (χ2v) is 7.23. The summed E-state index contributed by atoms with van der Waals surface area (Å²) in [4.78, 5) is 23.3. The molecule has 3 aromatic rings. The molecule has 2 aromatic heterocycles. The molecule has 0 aliphatic carbocycles. The number of pyridine rings is 1. The number of ether oxygens (including phenoxy) is 1. The predicted molar refractivity (Wildman–Crippen MR) is 96.5 cm³/mol. The number of carbonyl (C=O) groups excluding carboxylic acids is 1. The first-order valence-electron chi connectivity index (χ1n) is 7.79. The molecule has 0 aliphatic heterocycles. The Morgan fingerprint density at radius 1 is 1.32 bits per heavy atom. The van der Waals surface area contributed by atoms with E-state index in [0.29, 0.717) is 27.4 Å². The van der Waals surface area contributed by atoms with Gasteiger partial charge in [-0.2, -0.15) is 0 Å². The smallest absolute Gasteiger partial charge is 0.197 e. The van der Waals surface area contributed by atoms with Crippen molar-refractivity contribution in [3.63, 3.8) is 0 Å². The highest BCUT2D eigenvalue weighted by Gasteiger charge is 2.16. The number of rotatable bonds is 5. The second kappa shape index (κ2) is 6.76. The summed E-state index contributed by atoms with van der Waals surface area (Å²) in [5.74, 6) is 0.977. The molecule has 1 atom stereocenters. The molecule has 0 spiro atoms. The van der Waals surface area contributed by atoms with E-state index in [-0.39, 0.29) is 11.5 Å². The number of hydrogen-bond acceptors (Lipinski definition) is 5. The van der Waals surface area contributed by atoms with E-state index in [1.165, 1.54) is 6.92 Å². The van der Waals surface area contributed by atoms with Gasteiger partial charge >= 0.3 is 0 Å². The number of H-pyrrole nitrogens is 1. The molecule has 0 bridgehead atoms. The molecule has 0 amide bonds. The lowest BCUT2D eigenvalue weighted by Crippen LogP contribution is -2.05. The molecule has 0 radical (unpaired) electrons. The SMILES string of the molecule is COc1c(C)cnc(C[S@](=O)c2nc3ccc(C(C)=O)cc3[nH]2)c1C. The van der Waals surface area contributed by atoms with E-state index in [1.807, 2.05) is 13.8 Å². The average Bonchev–Trinajstić information content (AvgIpc) is 3.01. The number of imidazole rings is 1. The Labute approximate surface area is 148 Å². The lowest BCUT2D eigenvalue weighted by Gasteiger charge is -2.11. The maximum atomic E-state index is 12.7. The molecule has 1 N–H and O–H groups in total. The van der Waals surface area contributed by atoms with Crippen molar-refractivity contribution >= 4 is 27.6 Å². The van der Waals surface area contributed by atoms with Gasteiger partial charge in [-0.3, -0.25) is 14.0 Å². The summed E-state index contributed by atoms with van der Waals surface area (Å²) in [5.41, 5.74) is 4.50. The van der Waals surface area contributed by atoms with Crippen molar-refractivity contribution in [3.05, 3.63) is 46.8 Å². The zero-order valence-electron chi connectivity index (χ0n) is 14.5. The summed E-state index contributed by atoms with van der Waals surface area (Å²) in [6, 6.07) is 5.19. The third-order valence-electron chi connectivity index (χ3n) is 4.10. The van der Waals surface area contributed by atoms with Gasteiger partial charge in [0.15, 0.2) is 10.9 Å². The van der Waals surface area contributed by atoms with E-state index in [4.69, 9.17) is 4.74 Å². The van der Waals surface area contributed by atoms with Crippen LogP contribution in [-0.2, 0) is 16.6 Å². The summed E-state index contributed by atoms with van der Waals surface area (Å²) in [6.45, 7) is 5.34. The fourth-order valence-electron chi connectivity index (χ4n) is 2.72. The van der Waals surface area contributed by atoms with Crippen molar-refractivity contribution < 1.29 is 13.7 Å². The first kappa shape index (κ1) is 17.3. The van der Waals surface area contributed by atoms with Crippen molar-refractivity contribution in [1.29, 1.82) is 0 Å². The topological polar surface area (TPSA) is 84.9 Å². The Bertz CT molecular complexity index is 995. The van der Waals surface area contributed by atoms with Crippen molar-refractivity contribution in [2.45, 2.75) is 31.7 Å². The number of hydrogen-bond donors (Lipinski definition) is 1. The number of fused-ring (bicyclic) bond motifs is 1. The number of aromatic amines is 1. The molecule has 25 heavy (non-hydrogen) atoms. The number of nitrogens with one attached hydrogen (secondary N) is 1. The monoisotopic (exact) mass is 357 g/mol. The zero-order valence-corrected chi connectivity index (χ0v) is 15.4. The van der Waals surface area contributed by atoms with Gasteiger partial charge in [0.1, 0.15) is 5.75 Å². The number of Topliss-reactive ketones (excluding diaryl/α,β-unsaturated/α-hetero) is 1. The van der Waals surface area contributed by atoms with Crippen molar-refractivity contribution in [1.82, 2.24) is 15.0 Å². The minimum atomic E-state index is -1.38. The summed E-state index contributed by atoms with van der Waals surface area (Å²) in [6.07, 6.45) is 1.72. The Balaban J connectivity index is 1.91. The molecule has 1 aromatic carbocycles. The van der Waals surface area contributed by atoms with Gasteiger partial charge in [-0.15, -0.1) is 0 Å². The summed E-state index contributed by atoms with van der Waals surface area (Å²) >= 11 is 0. The Hall–Kier alpha value is -2.54. The zero-order chi connectivity index (χ0) is 18.1. The maximum absolute atomic E-state index is 12.7. The Kier molecular flexibility index (Phi) is 4.67.